The van der Waals surface area contributed by atoms with Gasteiger partial charge in [-0.1, -0.05) is 38.7 Å². The van der Waals surface area contributed by atoms with Crippen LogP contribution >= 0.6 is 0 Å². The molecule has 4 heterocycles. The third kappa shape index (κ3) is 8.48. The summed E-state index contributed by atoms with van der Waals surface area (Å²) >= 11 is 0. The molecule has 9 nitrogen and oxygen atoms in total. The van der Waals surface area contributed by atoms with Crippen molar-refractivity contribution in [1.29, 1.82) is 0 Å². The molecule has 2 N–H and O–H groups in total. The second-order valence-electron chi connectivity index (χ2n) is 14.0. The zero-order valence-corrected chi connectivity index (χ0v) is 27.3. The molecule has 0 unspecified atom stereocenters. The number of carbonyl (C=O) groups is 2. The van der Waals surface area contributed by atoms with E-state index in [1.807, 2.05) is 20.8 Å². The van der Waals surface area contributed by atoms with Gasteiger partial charge in [-0.05, 0) is 76.8 Å². The van der Waals surface area contributed by atoms with E-state index in [9.17, 15) is 9.59 Å². The Kier molecular flexibility index (Phi) is 10.7. The van der Waals surface area contributed by atoms with Crippen LogP contribution < -0.4 is 15.5 Å². The minimum atomic E-state index is -0.615. The normalized spacial score (nSPS) is 18.4. The van der Waals surface area contributed by atoms with E-state index < -0.39 is 11.5 Å². The van der Waals surface area contributed by atoms with Crippen LogP contribution in [0.15, 0.2) is 18.5 Å². The number of piperidine rings is 1. The SMILES string of the molecule is CCc1c(NC[C@H](CC(=O)CCC2CCCC2)C(=O)OC(C)(C)C)ncnc1N1CCC(c2ccc3c(n2)NCCC3)CC1. The number of hydrogen-bond acceptors (Lipinski definition) is 9. The molecule has 2 aromatic rings. The smallest absolute Gasteiger partial charge is 0.311 e. The van der Waals surface area contributed by atoms with Gasteiger partial charge in [0.05, 0.1) is 5.92 Å². The number of carbonyl (C=O) groups excluding carboxylic acids is 2. The number of aromatic nitrogens is 3. The van der Waals surface area contributed by atoms with Crippen LogP contribution in [-0.2, 0) is 27.2 Å². The Balaban J connectivity index is 1.22. The zero-order chi connectivity index (χ0) is 31.1. The molecule has 2 aliphatic heterocycles. The number of hydrogen-bond donors (Lipinski definition) is 2. The predicted octanol–water partition coefficient (Wildman–Crippen LogP) is 6.48. The van der Waals surface area contributed by atoms with E-state index in [1.54, 1.807) is 6.33 Å². The summed E-state index contributed by atoms with van der Waals surface area (Å²) in [4.78, 5) is 42.8. The molecule has 240 valence electrons. The van der Waals surface area contributed by atoms with Gasteiger partial charge in [-0.25, -0.2) is 15.0 Å². The molecule has 0 aromatic carbocycles. The molecular weight excluding hydrogens is 552 g/mol. The van der Waals surface area contributed by atoms with E-state index in [0.29, 0.717) is 24.8 Å². The molecule has 9 heteroatoms. The number of pyridine rings is 1. The fourth-order valence-corrected chi connectivity index (χ4v) is 7.00. The van der Waals surface area contributed by atoms with Crippen molar-refractivity contribution in [3.8, 4) is 0 Å². The number of nitrogens with one attached hydrogen (secondary N) is 2. The van der Waals surface area contributed by atoms with E-state index >= 15 is 0 Å². The second kappa shape index (κ2) is 14.7. The Morgan fingerprint density at radius 2 is 1.86 bits per heavy atom. The maximum absolute atomic E-state index is 13.2. The van der Waals surface area contributed by atoms with E-state index in [0.717, 1.165) is 74.8 Å². The molecule has 0 spiro atoms. The fraction of sp³-hybridized carbons (Fsp3) is 0.686. The van der Waals surface area contributed by atoms with Crippen LogP contribution in [0.4, 0.5) is 17.5 Å². The van der Waals surface area contributed by atoms with Crippen molar-refractivity contribution >= 4 is 29.2 Å². The van der Waals surface area contributed by atoms with E-state index in [4.69, 9.17) is 14.7 Å². The number of ketones is 1. The maximum Gasteiger partial charge on any atom is 0.311 e. The van der Waals surface area contributed by atoms with Crippen LogP contribution in [0.25, 0.3) is 0 Å². The topological polar surface area (TPSA) is 109 Å². The van der Waals surface area contributed by atoms with Gasteiger partial charge in [-0.2, -0.15) is 0 Å². The average molecular weight is 605 g/mol. The first kappa shape index (κ1) is 32.2. The number of aryl methyl sites for hydroxylation is 1. The first-order valence-electron chi connectivity index (χ1n) is 17.0. The molecule has 1 saturated carbocycles. The molecule has 0 amide bonds. The molecule has 3 aliphatic rings. The van der Waals surface area contributed by atoms with E-state index in [1.165, 1.54) is 43.4 Å². The molecule has 1 atom stereocenters. The molecule has 44 heavy (non-hydrogen) atoms. The molecule has 1 saturated heterocycles. The third-order valence-electron chi connectivity index (χ3n) is 9.44. The van der Waals surface area contributed by atoms with Gasteiger partial charge in [-0.15, -0.1) is 0 Å². The quantitative estimate of drug-likeness (QED) is 0.263. The highest BCUT2D eigenvalue weighted by molar-refractivity contribution is 5.85. The molecule has 0 radical (unpaired) electrons. The van der Waals surface area contributed by atoms with Crippen molar-refractivity contribution in [3.05, 3.63) is 35.3 Å². The summed E-state index contributed by atoms with van der Waals surface area (Å²) < 4.78 is 5.74. The van der Waals surface area contributed by atoms with Gasteiger partial charge in [0.2, 0.25) is 0 Å². The zero-order valence-electron chi connectivity index (χ0n) is 27.3. The molecule has 0 bridgehead atoms. The van der Waals surface area contributed by atoms with Crippen LogP contribution in [0.5, 0.6) is 0 Å². The number of nitrogens with zero attached hydrogens (tertiary/aromatic N) is 4. The fourth-order valence-electron chi connectivity index (χ4n) is 7.00. The van der Waals surface area contributed by atoms with Crippen LogP contribution in [0, 0.1) is 11.8 Å². The molecule has 1 aliphatic carbocycles. The lowest BCUT2D eigenvalue weighted by molar-refractivity contribution is -0.160. The molecule has 2 fully saturated rings. The van der Waals surface area contributed by atoms with E-state index in [2.05, 4.69) is 39.6 Å². The number of fused-ring (bicyclic) bond motifs is 1. The minimum Gasteiger partial charge on any atom is -0.460 e. The highest BCUT2D eigenvalue weighted by atomic mass is 16.6. The van der Waals surface area contributed by atoms with Crippen LogP contribution in [0.3, 0.4) is 0 Å². The van der Waals surface area contributed by atoms with Crippen LogP contribution in [0.2, 0.25) is 0 Å². The first-order valence-corrected chi connectivity index (χ1v) is 17.0. The largest absolute Gasteiger partial charge is 0.460 e. The summed E-state index contributed by atoms with van der Waals surface area (Å²) in [7, 11) is 0. The molecular formula is C35H52N6O3. The summed E-state index contributed by atoms with van der Waals surface area (Å²) in [5.41, 5.74) is 2.94. The van der Waals surface area contributed by atoms with Crippen LogP contribution in [-0.4, -0.2) is 58.5 Å². The number of rotatable bonds is 12. The minimum absolute atomic E-state index is 0.140. The summed E-state index contributed by atoms with van der Waals surface area (Å²) in [6.07, 6.45) is 13.3. The van der Waals surface area contributed by atoms with Gasteiger partial charge in [0, 0.05) is 56.2 Å². The Bertz CT molecular complexity index is 1280. The number of Topliss-reactive ketones (excluding diaryl/α,β-unsaturated/α-hetero) is 1. The summed E-state index contributed by atoms with van der Waals surface area (Å²) in [6.45, 7) is 10.8. The number of esters is 1. The van der Waals surface area contributed by atoms with Crippen molar-refractivity contribution in [2.75, 3.05) is 41.7 Å². The second-order valence-corrected chi connectivity index (χ2v) is 14.0. The van der Waals surface area contributed by atoms with Crippen molar-refractivity contribution < 1.29 is 14.3 Å². The van der Waals surface area contributed by atoms with Crippen LogP contribution in [0.1, 0.15) is 115 Å². The molecule has 5 rings (SSSR count). The van der Waals surface area contributed by atoms with E-state index in [-0.39, 0.29) is 18.2 Å². The monoisotopic (exact) mass is 604 g/mol. The summed E-state index contributed by atoms with van der Waals surface area (Å²) in [6, 6.07) is 4.47. The number of ether oxygens (including phenoxy) is 1. The Morgan fingerprint density at radius 1 is 1.09 bits per heavy atom. The number of anilines is 3. The highest BCUT2D eigenvalue weighted by Crippen LogP contribution is 2.34. The lowest BCUT2D eigenvalue weighted by Gasteiger charge is -2.34. The Morgan fingerprint density at radius 3 is 2.59 bits per heavy atom. The van der Waals surface area contributed by atoms with Crippen molar-refractivity contribution in [1.82, 2.24) is 15.0 Å². The standard InChI is InChI=1S/C35H52N6O3/c1-5-29-32(37-22-27(34(43)44-35(2,3)4)21-28(42)14-12-24-9-6-7-10-24)38-23-39-33(29)41-19-16-25(17-20-41)30-15-13-26-11-8-18-36-31(26)40-30/h13,15,23-25,27H,5-12,14,16-22H2,1-4H3,(H,36,40)(H,37,38,39)/t27-/m0/s1. The summed E-state index contributed by atoms with van der Waals surface area (Å²) in [5.74, 6) is 3.07. The lowest BCUT2D eigenvalue weighted by Crippen LogP contribution is -2.35. The van der Waals surface area contributed by atoms with Crippen molar-refractivity contribution in [2.45, 2.75) is 116 Å². The first-order chi connectivity index (χ1) is 21.2. The van der Waals surface area contributed by atoms with Gasteiger partial charge in [0.15, 0.2) is 0 Å². The third-order valence-corrected chi connectivity index (χ3v) is 9.44. The van der Waals surface area contributed by atoms with Gasteiger partial charge in [0.25, 0.3) is 0 Å². The Hall–Kier alpha value is -3.23. The van der Waals surface area contributed by atoms with Gasteiger partial charge >= 0.3 is 5.97 Å². The Labute approximate surface area is 263 Å². The highest BCUT2D eigenvalue weighted by Gasteiger charge is 2.29. The lowest BCUT2D eigenvalue weighted by atomic mass is 9.92. The predicted molar refractivity (Wildman–Crippen MR) is 175 cm³/mol. The van der Waals surface area contributed by atoms with Gasteiger partial charge < -0.3 is 20.3 Å². The maximum atomic E-state index is 13.2. The van der Waals surface area contributed by atoms with Crippen molar-refractivity contribution in [3.63, 3.8) is 0 Å². The average Bonchev–Trinajstić information content (AvgIpc) is 3.55. The van der Waals surface area contributed by atoms with Gasteiger partial charge in [-0.3, -0.25) is 9.59 Å². The summed E-state index contributed by atoms with van der Waals surface area (Å²) in [5, 5.41) is 6.90. The molecule has 2 aromatic heterocycles. The van der Waals surface area contributed by atoms with Gasteiger partial charge in [0.1, 0.15) is 35.2 Å². The van der Waals surface area contributed by atoms with Crippen molar-refractivity contribution in [2.24, 2.45) is 11.8 Å².